The molecule has 1 aromatic carbocycles. The van der Waals surface area contributed by atoms with E-state index >= 15 is 0 Å². The Bertz CT molecular complexity index is 704. The van der Waals surface area contributed by atoms with Crippen molar-refractivity contribution in [1.29, 1.82) is 0 Å². The molecule has 0 bridgehead atoms. The number of para-hydroxylation sites is 1. The van der Waals surface area contributed by atoms with E-state index in [2.05, 4.69) is 27.3 Å². The fraction of sp³-hybridized carbons (Fsp3) is 0.267. The third-order valence-corrected chi connectivity index (χ3v) is 3.10. The highest BCUT2D eigenvalue weighted by atomic mass is 15.3. The van der Waals surface area contributed by atoms with Crippen LogP contribution in [0.2, 0.25) is 0 Å². The summed E-state index contributed by atoms with van der Waals surface area (Å²) in [7, 11) is 0. The molecule has 1 N–H and O–H groups in total. The van der Waals surface area contributed by atoms with E-state index in [1.165, 1.54) is 0 Å². The van der Waals surface area contributed by atoms with Crippen molar-refractivity contribution in [2.45, 2.75) is 19.9 Å². The second kappa shape index (κ2) is 5.79. The van der Waals surface area contributed by atoms with Crippen molar-refractivity contribution in [2.24, 2.45) is 0 Å². The molecule has 0 spiro atoms. The van der Waals surface area contributed by atoms with E-state index in [0.29, 0.717) is 0 Å². The summed E-state index contributed by atoms with van der Waals surface area (Å²) in [6.07, 6.45) is 6.48. The van der Waals surface area contributed by atoms with E-state index in [1.807, 2.05) is 35.1 Å². The molecule has 0 saturated carbocycles. The fourth-order valence-electron chi connectivity index (χ4n) is 2.13. The van der Waals surface area contributed by atoms with Crippen LogP contribution in [0.3, 0.4) is 0 Å². The zero-order chi connectivity index (χ0) is 13.8. The molecule has 0 amide bonds. The van der Waals surface area contributed by atoms with Crippen molar-refractivity contribution in [1.82, 2.24) is 25.1 Å². The second-order valence-electron chi connectivity index (χ2n) is 4.66. The van der Waals surface area contributed by atoms with Crippen LogP contribution in [-0.4, -0.2) is 26.3 Å². The predicted octanol–water partition coefficient (Wildman–Crippen LogP) is 2.32. The Hall–Kier alpha value is -2.27. The lowest BCUT2D eigenvalue weighted by Crippen LogP contribution is -2.15. The molecule has 2 heterocycles. The van der Waals surface area contributed by atoms with Crippen molar-refractivity contribution in [2.75, 3.05) is 6.54 Å². The molecule has 102 valence electrons. The minimum absolute atomic E-state index is 0.730. The molecule has 3 rings (SSSR count). The molecular formula is C15H17N5. The molecule has 0 saturated heterocycles. The maximum Gasteiger partial charge on any atom is 0.172 e. The lowest BCUT2D eigenvalue weighted by molar-refractivity contribution is 0.659. The van der Waals surface area contributed by atoms with Gasteiger partial charge in [0.1, 0.15) is 0 Å². The van der Waals surface area contributed by atoms with Crippen LogP contribution in [0.4, 0.5) is 0 Å². The van der Waals surface area contributed by atoms with Gasteiger partial charge in [0.05, 0.1) is 23.6 Å². The molecular weight excluding hydrogens is 250 g/mol. The summed E-state index contributed by atoms with van der Waals surface area (Å²) in [5, 5.41) is 8.83. The molecule has 0 fully saturated rings. The number of rotatable bonds is 5. The van der Waals surface area contributed by atoms with Crippen molar-refractivity contribution >= 4 is 10.9 Å². The first-order valence-electron chi connectivity index (χ1n) is 6.83. The number of hydrogen-bond acceptors (Lipinski definition) is 4. The fourth-order valence-corrected chi connectivity index (χ4v) is 2.13. The summed E-state index contributed by atoms with van der Waals surface area (Å²) in [6, 6.07) is 8.08. The van der Waals surface area contributed by atoms with E-state index < -0.39 is 0 Å². The summed E-state index contributed by atoms with van der Waals surface area (Å²) >= 11 is 0. The molecule has 2 aromatic heterocycles. The molecule has 0 atom stereocenters. The van der Waals surface area contributed by atoms with Gasteiger partial charge < -0.3 is 5.32 Å². The molecule has 5 nitrogen and oxygen atoms in total. The summed E-state index contributed by atoms with van der Waals surface area (Å²) in [6.45, 7) is 3.86. The minimum Gasteiger partial charge on any atom is -0.311 e. The Morgan fingerprint density at radius 1 is 1.15 bits per heavy atom. The Morgan fingerprint density at radius 3 is 2.95 bits per heavy atom. The molecule has 20 heavy (non-hydrogen) atoms. The lowest BCUT2D eigenvalue weighted by Gasteiger charge is -2.06. The van der Waals surface area contributed by atoms with Gasteiger partial charge in [0.25, 0.3) is 0 Å². The van der Waals surface area contributed by atoms with Crippen LogP contribution in [-0.2, 0) is 6.54 Å². The van der Waals surface area contributed by atoms with E-state index in [4.69, 9.17) is 0 Å². The van der Waals surface area contributed by atoms with Gasteiger partial charge in [-0.3, -0.25) is 4.98 Å². The van der Waals surface area contributed by atoms with Gasteiger partial charge in [-0.2, -0.15) is 5.10 Å². The third kappa shape index (κ3) is 2.53. The average molecular weight is 267 g/mol. The maximum atomic E-state index is 4.61. The minimum atomic E-state index is 0.730. The second-order valence-corrected chi connectivity index (χ2v) is 4.66. The zero-order valence-electron chi connectivity index (χ0n) is 11.5. The Morgan fingerprint density at radius 2 is 2.05 bits per heavy atom. The third-order valence-electron chi connectivity index (χ3n) is 3.10. The summed E-state index contributed by atoms with van der Waals surface area (Å²) < 4.78 is 1.83. The number of hydrogen-bond donors (Lipinski definition) is 1. The number of nitrogens with zero attached hydrogens (tertiary/aromatic N) is 4. The average Bonchev–Trinajstić information content (AvgIpc) is 2.92. The van der Waals surface area contributed by atoms with Crippen molar-refractivity contribution in [3.05, 3.63) is 48.5 Å². The van der Waals surface area contributed by atoms with Crippen LogP contribution in [0, 0.1) is 0 Å². The first-order valence-corrected chi connectivity index (χ1v) is 6.83. The first kappa shape index (κ1) is 12.7. The molecule has 0 unspecified atom stereocenters. The summed E-state index contributed by atoms with van der Waals surface area (Å²) in [5.41, 5.74) is 1.97. The van der Waals surface area contributed by atoms with E-state index in [9.17, 15) is 0 Å². The molecule has 0 aliphatic rings. The highest BCUT2D eigenvalue weighted by Crippen LogP contribution is 2.16. The summed E-state index contributed by atoms with van der Waals surface area (Å²) in [5.74, 6) is 0.752. The van der Waals surface area contributed by atoms with Crippen LogP contribution in [0.15, 0.2) is 42.9 Å². The van der Waals surface area contributed by atoms with Crippen molar-refractivity contribution in [3.8, 4) is 5.82 Å². The smallest absolute Gasteiger partial charge is 0.172 e. The van der Waals surface area contributed by atoms with Gasteiger partial charge >= 0.3 is 0 Å². The SMILES string of the molecule is CCCNCc1cncc(-n2ncc3ccccc32)n1. The van der Waals surface area contributed by atoms with Crippen molar-refractivity contribution in [3.63, 3.8) is 0 Å². The van der Waals surface area contributed by atoms with Gasteiger partial charge in [0.15, 0.2) is 5.82 Å². The molecule has 3 aromatic rings. The van der Waals surface area contributed by atoms with E-state index in [0.717, 1.165) is 41.9 Å². The van der Waals surface area contributed by atoms with Crippen LogP contribution >= 0.6 is 0 Å². The van der Waals surface area contributed by atoms with Gasteiger partial charge in [0, 0.05) is 18.1 Å². The van der Waals surface area contributed by atoms with Gasteiger partial charge in [-0.15, -0.1) is 0 Å². The van der Waals surface area contributed by atoms with Gasteiger partial charge in [-0.05, 0) is 19.0 Å². The van der Waals surface area contributed by atoms with Crippen LogP contribution < -0.4 is 5.32 Å². The van der Waals surface area contributed by atoms with E-state index in [1.54, 1.807) is 12.4 Å². The topological polar surface area (TPSA) is 55.6 Å². The predicted molar refractivity (Wildman–Crippen MR) is 78.7 cm³/mol. The largest absolute Gasteiger partial charge is 0.311 e. The van der Waals surface area contributed by atoms with E-state index in [-0.39, 0.29) is 0 Å². The number of benzene rings is 1. The normalized spacial score (nSPS) is 11.1. The number of fused-ring (bicyclic) bond motifs is 1. The Labute approximate surface area is 117 Å². The molecule has 0 aliphatic carbocycles. The number of nitrogens with one attached hydrogen (secondary N) is 1. The van der Waals surface area contributed by atoms with Gasteiger partial charge in [-0.1, -0.05) is 25.1 Å². The van der Waals surface area contributed by atoms with Gasteiger partial charge in [0.2, 0.25) is 0 Å². The molecule has 0 aliphatic heterocycles. The van der Waals surface area contributed by atoms with Gasteiger partial charge in [-0.25, -0.2) is 9.67 Å². The Balaban J connectivity index is 1.92. The quantitative estimate of drug-likeness (QED) is 0.721. The zero-order valence-corrected chi connectivity index (χ0v) is 11.5. The molecule has 5 heteroatoms. The highest BCUT2D eigenvalue weighted by Gasteiger charge is 2.06. The first-order chi connectivity index (χ1) is 9.88. The maximum absolute atomic E-state index is 4.61. The lowest BCUT2D eigenvalue weighted by atomic mass is 10.2. The monoisotopic (exact) mass is 267 g/mol. The molecule has 0 radical (unpaired) electrons. The highest BCUT2D eigenvalue weighted by molar-refractivity contribution is 5.79. The van der Waals surface area contributed by atoms with Crippen molar-refractivity contribution < 1.29 is 0 Å². The Kier molecular flexibility index (Phi) is 3.69. The van der Waals surface area contributed by atoms with Crippen LogP contribution in [0.25, 0.3) is 16.7 Å². The number of aromatic nitrogens is 4. The van der Waals surface area contributed by atoms with Crippen LogP contribution in [0.1, 0.15) is 19.0 Å². The van der Waals surface area contributed by atoms with Crippen LogP contribution in [0.5, 0.6) is 0 Å². The standard InChI is InChI=1S/C15H17N5/c1-2-7-16-9-13-10-17-11-15(19-13)20-14-6-4-3-5-12(14)8-18-20/h3-6,8,10-11,16H,2,7,9H2,1H3. The summed E-state index contributed by atoms with van der Waals surface area (Å²) in [4.78, 5) is 8.88.